The highest BCUT2D eigenvalue weighted by Crippen LogP contribution is 2.34. The van der Waals surface area contributed by atoms with Gasteiger partial charge in [0, 0.05) is 25.8 Å². The van der Waals surface area contributed by atoms with Crippen molar-refractivity contribution >= 4 is 17.7 Å². The highest BCUT2D eigenvalue weighted by atomic mass is 16.4. The quantitative estimate of drug-likeness (QED) is 0.0626. The molecule has 0 bridgehead atoms. The molecule has 0 radical (unpaired) electrons. The molecular weight excluding hydrogens is 538 g/mol. The fourth-order valence-corrected chi connectivity index (χ4v) is 6.72. The second kappa shape index (κ2) is 25.9. The Bertz CT molecular complexity index is 726. The van der Waals surface area contributed by atoms with Crippen molar-refractivity contribution in [3.05, 3.63) is 0 Å². The topological polar surface area (TPSA) is 94.9 Å². The van der Waals surface area contributed by atoms with Crippen molar-refractivity contribution in [1.82, 2.24) is 4.90 Å². The van der Waals surface area contributed by atoms with Crippen LogP contribution in [0.5, 0.6) is 0 Å². The van der Waals surface area contributed by atoms with Crippen molar-refractivity contribution in [3.8, 4) is 0 Å². The Balaban J connectivity index is 2.26. The van der Waals surface area contributed by atoms with Gasteiger partial charge in [0.25, 0.3) is 0 Å². The lowest BCUT2D eigenvalue weighted by Crippen LogP contribution is -2.58. The molecule has 6 heteroatoms. The predicted molar refractivity (Wildman–Crippen MR) is 178 cm³/mol. The Morgan fingerprint density at radius 1 is 0.558 bits per heavy atom. The second-order valence-corrected chi connectivity index (χ2v) is 13.4. The van der Waals surface area contributed by atoms with Gasteiger partial charge in [-0.1, -0.05) is 168 Å². The maximum atomic E-state index is 13.3. The number of aliphatic hydroxyl groups is 1. The van der Waals surface area contributed by atoms with Crippen LogP contribution in [-0.2, 0) is 14.4 Å². The van der Waals surface area contributed by atoms with Crippen molar-refractivity contribution in [2.45, 2.75) is 212 Å². The van der Waals surface area contributed by atoms with Crippen LogP contribution in [0.15, 0.2) is 0 Å². The molecule has 2 atom stereocenters. The molecule has 1 heterocycles. The molecule has 0 saturated carbocycles. The van der Waals surface area contributed by atoms with E-state index in [0.29, 0.717) is 12.8 Å². The third-order valence-corrected chi connectivity index (χ3v) is 9.50. The summed E-state index contributed by atoms with van der Waals surface area (Å²) < 4.78 is 0. The molecule has 0 spiro atoms. The normalized spacial score (nSPS) is 18.4. The van der Waals surface area contributed by atoms with E-state index in [0.717, 1.165) is 32.1 Å². The number of hydrogen-bond donors (Lipinski definition) is 2. The number of rotatable bonds is 30. The van der Waals surface area contributed by atoms with Crippen LogP contribution < -0.4 is 0 Å². The van der Waals surface area contributed by atoms with Crippen LogP contribution in [0.4, 0.5) is 0 Å². The highest BCUT2D eigenvalue weighted by Gasteiger charge is 2.57. The zero-order chi connectivity index (χ0) is 31.6. The lowest BCUT2D eigenvalue weighted by atomic mass is 9.86. The first kappa shape index (κ1) is 39.6. The van der Waals surface area contributed by atoms with Crippen LogP contribution in [0.2, 0.25) is 0 Å². The molecule has 6 nitrogen and oxygen atoms in total. The first-order valence-electron chi connectivity index (χ1n) is 18.6. The molecule has 0 aromatic rings. The SMILES string of the molecule is CCCCCCCCCCCCCCCC(=O)N1CC(O)CC1(C(=O)O)C(=O)CCCCCCCCCCCCCCC. The monoisotopic (exact) mass is 608 g/mol. The van der Waals surface area contributed by atoms with E-state index < -0.39 is 23.4 Å². The Labute approximate surface area is 265 Å². The maximum Gasteiger partial charge on any atom is 0.337 e. The van der Waals surface area contributed by atoms with Crippen molar-refractivity contribution < 1.29 is 24.6 Å². The Hall–Kier alpha value is -1.43. The molecule has 0 aromatic carbocycles. The number of unbranched alkanes of at least 4 members (excludes halogenated alkanes) is 24. The van der Waals surface area contributed by atoms with Gasteiger partial charge in [0.15, 0.2) is 5.78 Å². The van der Waals surface area contributed by atoms with Gasteiger partial charge in [0.1, 0.15) is 0 Å². The fraction of sp³-hybridized carbons (Fsp3) is 0.919. The van der Waals surface area contributed by atoms with Crippen LogP contribution in [0.25, 0.3) is 0 Å². The van der Waals surface area contributed by atoms with Crippen LogP contribution in [0.3, 0.4) is 0 Å². The van der Waals surface area contributed by atoms with Gasteiger partial charge in [-0.05, 0) is 12.8 Å². The summed E-state index contributed by atoms with van der Waals surface area (Å²) in [6.45, 7) is 4.43. The summed E-state index contributed by atoms with van der Waals surface area (Å²) in [5.41, 5.74) is -1.90. The third-order valence-electron chi connectivity index (χ3n) is 9.50. The highest BCUT2D eigenvalue weighted by molar-refractivity contribution is 6.10. The summed E-state index contributed by atoms with van der Waals surface area (Å²) in [6, 6.07) is 0. The summed E-state index contributed by atoms with van der Waals surface area (Å²) in [7, 11) is 0. The van der Waals surface area contributed by atoms with E-state index in [1.807, 2.05) is 0 Å². The minimum Gasteiger partial charge on any atom is -0.479 e. The van der Waals surface area contributed by atoms with Crippen LogP contribution in [0, 0.1) is 0 Å². The van der Waals surface area contributed by atoms with Crippen LogP contribution in [0.1, 0.15) is 200 Å². The molecule has 252 valence electrons. The number of carboxylic acid groups (broad SMARTS) is 1. The number of nitrogens with zero attached hydrogens (tertiary/aromatic N) is 1. The van der Waals surface area contributed by atoms with E-state index in [-0.39, 0.29) is 31.7 Å². The number of ketones is 1. The Morgan fingerprint density at radius 2 is 0.884 bits per heavy atom. The lowest BCUT2D eigenvalue weighted by Gasteiger charge is -2.33. The van der Waals surface area contributed by atoms with E-state index in [4.69, 9.17) is 0 Å². The van der Waals surface area contributed by atoms with Gasteiger partial charge in [-0.15, -0.1) is 0 Å². The van der Waals surface area contributed by atoms with Gasteiger partial charge in [-0.3, -0.25) is 9.59 Å². The number of aliphatic hydroxyl groups excluding tert-OH is 1. The number of carbonyl (C=O) groups is 3. The maximum absolute atomic E-state index is 13.3. The molecule has 1 aliphatic heterocycles. The second-order valence-electron chi connectivity index (χ2n) is 13.4. The number of amides is 1. The van der Waals surface area contributed by atoms with E-state index in [9.17, 15) is 24.6 Å². The average molecular weight is 608 g/mol. The largest absolute Gasteiger partial charge is 0.479 e. The van der Waals surface area contributed by atoms with Crippen LogP contribution in [-0.4, -0.2) is 51.0 Å². The molecule has 43 heavy (non-hydrogen) atoms. The molecule has 1 fully saturated rings. The van der Waals surface area contributed by atoms with Gasteiger partial charge in [-0.25, -0.2) is 4.79 Å². The van der Waals surface area contributed by atoms with Crippen LogP contribution >= 0.6 is 0 Å². The third kappa shape index (κ3) is 17.0. The zero-order valence-corrected chi connectivity index (χ0v) is 28.4. The summed E-state index contributed by atoms with van der Waals surface area (Å²) in [5, 5.41) is 20.5. The van der Waals surface area contributed by atoms with Crippen molar-refractivity contribution in [3.63, 3.8) is 0 Å². The molecular formula is C37H69NO5. The molecule has 2 N–H and O–H groups in total. The predicted octanol–water partition coefficient (Wildman–Crippen LogP) is 9.93. The van der Waals surface area contributed by atoms with E-state index in [2.05, 4.69) is 13.8 Å². The van der Waals surface area contributed by atoms with Gasteiger partial charge >= 0.3 is 5.97 Å². The van der Waals surface area contributed by atoms with Crippen molar-refractivity contribution in [2.24, 2.45) is 0 Å². The minimum atomic E-state index is -1.90. The van der Waals surface area contributed by atoms with Gasteiger partial charge < -0.3 is 15.1 Å². The summed E-state index contributed by atoms with van der Waals surface area (Å²) in [4.78, 5) is 40.0. The molecule has 1 saturated heterocycles. The molecule has 1 rings (SSSR count). The number of hydrogen-bond acceptors (Lipinski definition) is 4. The standard InChI is InChI=1S/C37H69NO5/c1-3-5-7-9-11-13-15-17-19-21-23-25-27-29-34(40)37(36(42)43)31-33(39)32-38(37)35(41)30-28-26-24-22-20-18-16-14-12-10-8-6-4-2/h33,39H,3-32H2,1-2H3,(H,42,43). The number of β-amino-alcohol motifs (C(OH)–C–C–N with tert-alkyl or cyclic N) is 1. The fourth-order valence-electron chi connectivity index (χ4n) is 6.72. The van der Waals surface area contributed by atoms with E-state index in [1.54, 1.807) is 0 Å². The molecule has 1 amide bonds. The Kier molecular flexibility index (Phi) is 23.8. The first-order valence-corrected chi connectivity index (χ1v) is 18.6. The summed E-state index contributed by atoms with van der Waals surface area (Å²) in [5.74, 6) is -2.01. The molecule has 1 aliphatic rings. The minimum absolute atomic E-state index is 0.0616. The molecule has 0 aliphatic carbocycles. The average Bonchev–Trinajstić information content (AvgIpc) is 3.36. The number of carboxylic acids is 1. The molecule has 0 aromatic heterocycles. The van der Waals surface area contributed by atoms with E-state index in [1.165, 1.54) is 127 Å². The number of carbonyl (C=O) groups excluding carboxylic acids is 2. The number of Topliss-reactive ketones (excluding diaryl/α,β-unsaturated/α-hetero) is 1. The van der Waals surface area contributed by atoms with Gasteiger partial charge in [-0.2, -0.15) is 0 Å². The number of aliphatic carboxylic acids is 1. The lowest BCUT2D eigenvalue weighted by molar-refractivity contribution is -0.162. The van der Waals surface area contributed by atoms with E-state index >= 15 is 0 Å². The number of likely N-dealkylation sites (tertiary alicyclic amines) is 1. The summed E-state index contributed by atoms with van der Waals surface area (Å²) >= 11 is 0. The smallest absolute Gasteiger partial charge is 0.337 e. The summed E-state index contributed by atoms with van der Waals surface area (Å²) in [6.07, 6.45) is 30.6. The first-order chi connectivity index (χ1) is 20.9. The van der Waals surface area contributed by atoms with Gasteiger partial charge in [0.2, 0.25) is 11.4 Å². The van der Waals surface area contributed by atoms with Gasteiger partial charge in [0.05, 0.1) is 6.10 Å². The zero-order valence-electron chi connectivity index (χ0n) is 28.4. The van der Waals surface area contributed by atoms with Crippen molar-refractivity contribution in [2.75, 3.05) is 6.54 Å². The molecule has 2 unspecified atom stereocenters. The van der Waals surface area contributed by atoms with Crippen molar-refractivity contribution in [1.29, 1.82) is 0 Å². The Morgan fingerprint density at radius 3 is 1.23 bits per heavy atom.